The molecule has 4 heteroatoms. The van der Waals surface area contributed by atoms with Gasteiger partial charge in [0.1, 0.15) is 0 Å². The van der Waals surface area contributed by atoms with Crippen LogP contribution >= 0.6 is 0 Å². The molecule has 2 atom stereocenters. The molecule has 1 saturated heterocycles. The van der Waals surface area contributed by atoms with Crippen LogP contribution in [0.3, 0.4) is 0 Å². The van der Waals surface area contributed by atoms with Gasteiger partial charge in [-0.3, -0.25) is 9.78 Å². The molecular weight excluding hydrogens is 252 g/mol. The lowest BCUT2D eigenvalue weighted by molar-refractivity contribution is -0.131. The summed E-state index contributed by atoms with van der Waals surface area (Å²) in [7, 11) is 1.72. The topological polar surface area (TPSA) is 42.4 Å². The molecule has 0 saturated carbocycles. The summed E-state index contributed by atoms with van der Waals surface area (Å²) in [5, 5.41) is 0. The molecule has 0 bridgehead atoms. The van der Waals surface area contributed by atoms with E-state index in [1.54, 1.807) is 7.11 Å². The Bertz CT molecular complexity index is 433. The molecule has 0 unspecified atom stereocenters. The second kappa shape index (κ2) is 6.84. The zero-order valence-electron chi connectivity index (χ0n) is 12.6. The van der Waals surface area contributed by atoms with Gasteiger partial charge in [-0.2, -0.15) is 0 Å². The van der Waals surface area contributed by atoms with E-state index in [0.717, 1.165) is 18.8 Å². The molecule has 2 rings (SSSR count). The van der Waals surface area contributed by atoms with E-state index >= 15 is 0 Å². The van der Waals surface area contributed by atoms with E-state index in [9.17, 15) is 4.79 Å². The van der Waals surface area contributed by atoms with Crippen molar-refractivity contribution in [3.8, 4) is 0 Å². The molecule has 20 heavy (non-hydrogen) atoms. The third kappa shape index (κ3) is 3.57. The fraction of sp³-hybridized carbons (Fsp3) is 0.625. The maximum Gasteiger partial charge on any atom is 0.222 e. The molecule has 1 fully saturated rings. The summed E-state index contributed by atoms with van der Waals surface area (Å²) in [5.41, 5.74) is 1.06. The van der Waals surface area contributed by atoms with E-state index in [1.807, 2.05) is 29.3 Å². The van der Waals surface area contributed by atoms with Gasteiger partial charge in [-0.25, -0.2) is 0 Å². The smallest absolute Gasteiger partial charge is 0.222 e. The number of pyridine rings is 1. The van der Waals surface area contributed by atoms with Gasteiger partial charge in [-0.1, -0.05) is 19.9 Å². The fourth-order valence-corrected chi connectivity index (χ4v) is 2.87. The van der Waals surface area contributed by atoms with Crippen molar-refractivity contribution in [3.63, 3.8) is 0 Å². The number of carbonyl (C=O) groups excluding carboxylic acids is 1. The molecule has 110 valence electrons. The van der Waals surface area contributed by atoms with Gasteiger partial charge in [0.15, 0.2) is 0 Å². The normalized spacial score (nSPS) is 22.5. The van der Waals surface area contributed by atoms with Crippen molar-refractivity contribution in [2.24, 2.45) is 11.8 Å². The standard InChI is InChI=1S/C16H24N2O2/c1-12(2)8-16(19)18-9-13(11-20-3)14(10-18)15-6-4-5-7-17-15/h4-7,12-14H,8-11H2,1-3H3/t13-,14+/m0/s1. The number of methoxy groups -OCH3 is 1. The summed E-state index contributed by atoms with van der Waals surface area (Å²) >= 11 is 0. The first-order valence-corrected chi connectivity index (χ1v) is 7.29. The maximum absolute atomic E-state index is 12.2. The molecule has 1 aromatic heterocycles. The third-order valence-corrected chi connectivity index (χ3v) is 3.83. The molecule has 0 aliphatic carbocycles. The number of amides is 1. The number of aromatic nitrogens is 1. The lowest BCUT2D eigenvalue weighted by Crippen LogP contribution is -2.30. The van der Waals surface area contributed by atoms with Crippen LogP contribution in [0.4, 0.5) is 0 Å². The highest BCUT2D eigenvalue weighted by atomic mass is 16.5. The second-order valence-electron chi connectivity index (χ2n) is 5.97. The predicted molar refractivity (Wildman–Crippen MR) is 78.4 cm³/mol. The number of ether oxygens (including phenoxy) is 1. The Labute approximate surface area is 121 Å². The van der Waals surface area contributed by atoms with Crippen molar-refractivity contribution in [2.75, 3.05) is 26.8 Å². The summed E-state index contributed by atoms with van der Waals surface area (Å²) in [6.45, 7) is 6.37. The van der Waals surface area contributed by atoms with E-state index in [2.05, 4.69) is 18.8 Å². The number of carbonyl (C=O) groups is 1. The highest BCUT2D eigenvalue weighted by Gasteiger charge is 2.36. The van der Waals surface area contributed by atoms with Gasteiger partial charge in [0.2, 0.25) is 5.91 Å². The molecule has 0 radical (unpaired) electrons. The van der Waals surface area contributed by atoms with Crippen LogP contribution in [-0.4, -0.2) is 42.6 Å². The lowest BCUT2D eigenvalue weighted by Gasteiger charge is -2.17. The van der Waals surface area contributed by atoms with E-state index in [4.69, 9.17) is 4.74 Å². The van der Waals surface area contributed by atoms with Gasteiger partial charge >= 0.3 is 0 Å². The Balaban J connectivity index is 2.09. The van der Waals surface area contributed by atoms with Crippen molar-refractivity contribution in [1.82, 2.24) is 9.88 Å². The fourth-order valence-electron chi connectivity index (χ4n) is 2.87. The quantitative estimate of drug-likeness (QED) is 0.829. The van der Waals surface area contributed by atoms with Crippen molar-refractivity contribution in [2.45, 2.75) is 26.2 Å². The van der Waals surface area contributed by atoms with Crippen LogP contribution in [0.1, 0.15) is 31.9 Å². The van der Waals surface area contributed by atoms with Gasteiger partial charge < -0.3 is 9.64 Å². The zero-order chi connectivity index (χ0) is 14.5. The van der Waals surface area contributed by atoms with Crippen LogP contribution in [0.25, 0.3) is 0 Å². The molecule has 0 N–H and O–H groups in total. The van der Waals surface area contributed by atoms with Gasteiger partial charge in [-0.05, 0) is 18.1 Å². The highest BCUT2D eigenvalue weighted by molar-refractivity contribution is 5.76. The van der Waals surface area contributed by atoms with E-state index in [0.29, 0.717) is 24.9 Å². The van der Waals surface area contributed by atoms with Gasteiger partial charge in [-0.15, -0.1) is 0 Å². The first-order valence-electron chi connectivity index (χ1n) is 7.29. The van der Waals surface area contributed by atoms with E-state index in [1.165, 1.54) is 0 Å². The minimum absolute atomic E-state index is 0.250. The molecule has 0 aromatic carbocycles. The Kier molecular flexibility index (Phi) is 5.12. The van der Waals surface area contributed by atoms with Crippen LogP contribution in [0, 0.1) is 11.8 Å². The van der Waals surface area contributed by atoms with Crippen molar-refractivity contribution in [1.29, 1.82) is 0 Å². The largest absolute Gasteiger partial charge is 0.384 e. The Morgan fingerprint density at radius 1 is 1.45 bits per heavy atom. The molecule has 1 aromatic rings. The van der Waals surface area contributed by atoms with Gasteiger partial charge in [0.25, 0.3) is 0 Å². The first-order chi connectivity index (χ1) is 9.61. The number of likely N-dealkylation sites (tertiary alicyclic amines) is 1. The minimum atomic E-state index is 0.250. The Morgan fingerprint density at radius 2 is 2.25 bits per heavy atom. The maximum atomic E-state index is 12.2. The third-order valence-electron chi connectivity index (χ3n) is 3.83. The summed E-state index contributed by atoms with van der Waals surface area (Å²) in [6, 6.07) is 5.97. The minimum Gasteiger partial charge on any atom is -0.384 e. The molecule has 1 aliphatic rings. The Morgan fingerprint density at radius 3 is 2.85 bits per heavy atom. The van der Waals surface area contributed by atoms with Crippen LogP contribution in [0.15, 0.2) is 24.4 Å². The molecule has 1 amide bonds. The van der Waals surface area contributed by atoms with E-state index in [-0.39, 0.29) is 11.8 Å². The van der Waals surface area contributed by atoms with Crippen LogP contribution in [0.2, 0.25) is 0 Å². The molecule has 4 nitrogen and oxygen atoms in total. The SMILES string of the molecule is COC[C@@H]1CN(C(=O)CC(C)C)C[C@H]1c1ccccn1. The number of rotatable bonds is 5. The van der Waals surface area contributed by atoms with Gasteiger partial charge in [0, 0.05) is 50.3 Å². The Hall–Kier alpha value is -1.42. The highest BCUT2D eigenvalue weighted by Crippen LogP contribution is 2.32. The average molecular weight is 276 g/mol. The van der Waals surface area contributed by atoms with Crippen molar-refractivity contribution in [3.05, 3.63) is 30.1 Å². The number of nitrogens with zero attached hydrogens (tertiary/aromatic N) is 2. The summed E-state index contributed by atoms with van der Waals surface area (Å²) in [6.07, 6.45) is 2.44. The molecule has 2 heterocycles. The van der Waals surface area contributed by atoms with E-state index < -0.39 is 0 Å². The van der Waals surface area contributed by atoms with Crippen molar-refractivity contribution >= 4 is 5.91 Å². The summed E-state index contributed by atoms with van der Waals surface area (Å²) in [4.78, 5) is 18.7. The molecule has 1 aliphatic heterocycles. The zero-order valence-corrected chi connectivity index (χ0v) is 12.6. The number of hydrogen-bond donors (Lipinski definition) is 0. The summed E-state index contributed by atoms with van der Waals surface area (Å²) < 4.78 is 5.32. The second-order valence-corrected chi connectivity index (χ2v) is 5.97. The first kappa shape index (κ1) is 15.0. The van der Waals surface area contributed by atoms with Gasteiger partial charge in [0.05, 0.1) is 6.61 Å². The number of hydrogen-bond acceptors (Lipinski definition) is 3. The predicted octanol–water partition coefficient (Wildman–Crippen LogP) is 2.32. The molecule has 0 spiro atoms. The van der Waals surface area contributed by atoms with Crippen molar-refractivity contribution < 1.29 is 9.53 Å². The lowest BCUT2D eigenvalue weighted by atomic mass is 9.93. The monoisotopic (exact) mass is 276 g/mol. The summed E-state index contributed by atoms with van der Waals surface area (Å²) in [5.74, 6) is 1.27. The van der Waals surface area contributed by atoms with Crippen LogP contribution in [0.5, 0.6) is 0 Å². The van der Waals surface area contributed by atoms with Crippen LogP contribution in [-0.2, 0) is 9.53 Å². The molecular formula is C16H24N2O2. The van der Waals surface area contributed by atoms with Crippen LogP contribution < -0.4 is 0 Å². The average Bonchev–Trinajstić information content (AvgIpc) is 2.84.